The molecule has 0 atom stereocenters. The number of aromatic amines is 1. The summed E-state index contributed by atoms with van der Waals surface area (Å²) in [6, 6.07) is 4.68. The highest BCUT2D eigenvalue weighted by molar-refractivity contribution is 6.13. The molecule has 1 aromatic carbocycles. The van der Waals surface area contributed by atoms with E-state index in [1.807, 2.05) is 0 Å². The summed E-state index contributed by atoms with van der Waals surface area (Å²) < 4.78 is 10.1. The standard InChI is InChI=1S/C13H12N2O5/c1-19-7-3-4-9(20-2)8(5-7)12(16)10-11(13(17)18)15-6-14-10/h3-6H,1-2H3,(H,14,15)(H,17,18). The van der Waals surface area contributed by atoms with Crippen LogP contribution in [-0.4, -0.2) is 41.0 Å². The monoisotopic (exact) mass is 276 g/mol. The molecule has 0 amide bonds. The van der Waals surface area contributed by atoms with E-state index >= 15 is 0 Å². The lowest BCUT2D eigenvalue weighted by atomic mass is 10.1. The number of aromatic carboxylic acids is 1. The van der Waals surface area contributed by atoms with Gasteiger partial charge >= 0.3 is 5.97 Å². The molecule has 0 aliphatic heterocycles. The highest BCUT2D eigenvalue weighted by Crippen LogP contribution is 2.26. The molecule has 0 aliphatic rings. The quantitative estimate of drug-likeness (QED) is 0.799. The summed E-state index contributed by atoms with van der Waals surface area (Å²) in [6.45, 7) is 0. The highest BCUT2D eigenvalue weighted by Gasteiger charge is 2.24. The summed E-state index contributed by atoms with van der Waals surface area (Å²) in [4.78, 5) is 29.6. The van der Waals surface area contributed by atoms with E-state index in [1.54, 1.807) is 12.1 Å². The van der Waals surface area contributed by atoms with Crippen LogP contribution in [0.5, 0.6) is 11.5 Å². The molecule has 7 nitrogen and oxygen atoms in total. The molecule has 0 aliphatic carbocycles. The lowest BCUT2D eigenvalue weighted by molar-refractivity contribution is 0.0687. The molecule has 0 fully saturated rings. The maximum atomic E-state index is 12.4. The summed E-state index contributed by atoms with van der Waals surface area (Å²) in [7, 11) is 2.88. The number of benzene rings is 1. The van der Waals surface area contributed by atoms with Crippen LogP contribution >= 0.6 is 0 Å². The molecule has 20 heavy (non-hydrogen) atoms. The van der Waals surface area contributed by atoms with Crippen molar-refractivity contribution in [3.63, 3.8) is 0 Å². The van der Waals surface area contributed by atoms with Crippen molar-refractivity contribution in [3.05, 3.63) is 41.5 Å². The van der Waals surface area contributed by atoms with E-state index in [0.29, 0.717) is 11.5 Å². The molecule has 1 heterocycles. The molecule has 2 aromatic rings. The number of ketones is 1. The van der Waals surface area contributed by atoms with Gasteiger partial charge in [0.15, 0.2) is 5.69 Å². The van der Waals surface area contributed by atoms with Gasteiger partial charge in [-0.15, -0.1) is 0 Å². The zero-order valence-electron chi connectivity index (χ0n) is 10.8. The fraction of sp³-hybridized carbons (Fsp3) is 0.154. The van der Waals surface area contributed by atoms with Gasteiger partial charge in [0.05, 0.1) is 26.1 Å². The van der Waals surface area contributed by atoms with Gasteiger partial charge in [-0.25, -0.2) is 9.78 Å². The molecule has 7 heteroatoms. The zero-order chi connectivity index (χ0) is 14.7. The molecule has 2 rings (SSSR count). The van der Waals surface area contributed by atoms with Crippen LogP contribution < -0.4 is 9.47 Å². The number of nitrogens with zero attached hydrogens (tertiary/aromatic N) is 1. The Balaban J connectivity index is 2.52. The number of rotatable bonds is 5. The molecule has 0 unspecified atom stereocenters. The van der Waals surface area contributed by atoms with E-state index < -0.39 is 11.8 Å². The molecule has 0 saturated heterocycles. The van der Waals surface area contributed by atoms with Gasteiger partial charge in [-0.1, -0.05) is 0 Å². The number of carboxylic acid groups (broad SMARTS) is 1. The van der Waals surface area contributed by atoms with Crippen LogP contribution in [0.25, 0.3) is 0 Å². The van der Waals surface area contributed by atoms with Crippen LogP contribution in [-0.2, 0) is 0 Å². The second-order valence-corrected chi connectivity index (χ2v) is 3.83. The Morgan fingerprint density at radius 1 is 1.25 bits per heavy atom. The summed E-state index contributed by atoms with van der Waals surface area (Å²) in [5.74, 6) is -1.04. The molecule has 104 valence electrons. The molecule has 1 aromatic heterocycles. The number of aromatic nitrogens is 2. The molecule has 0 bridgehead atoms. The van der Waals surface area contributed by atoms with Crippen molar-refractivity contribution in [3.8, 4) is 11.5 Å². The topological polar surface area (TPSA) is 102 Å². The fourth-order valence-corrected chi connectivity index (χ4v) is 1.75. The SMILES string of the molecule is COc1ccc(OC)c(C(=O)c2nc[nH]c2C(=O)O)c1. The molecule has 0 saturated carbocycles. The molecule has 0 spiro atoms. The van der Waals surface area contributed by atoms with Crippen LogP contribution in [0.15, 0.2) is 24.5 Å². The fourth-order valence-electron chi connectivity index (χ4n) is 1.75. The van der Waals surface area contributed by atoms with Crippen molar-refractivity contribution in [1.82, 2.24) is 9.97 Å². The Morgan fingerprint density at radius 3 is 2.60 bits per heavy atom. The summed E-state index contributed by atoms with van der Waals surface area (Å²) in [5, 5.41) is 9.00. The first-order valence-corrected chi connectivity index (χ1v) is 5.62. The number of ether oxygens (including phenoxy) is 2. The number of hydrogen-bond donors (Lipinski definition) is 2. The number of carbonyl (C=O) groups is 2. The lowest BCUT2D eigenvalue weighted by Crippen LogP contribution is -2.11. The van der Waals surface area contributed by atoms with Gasteiger partial charge < -0.3 is 19.6 Å². The van der Waals surface area contributed by atoms with E-state index in [0.717, 1.165) is 6.33 Å². The van der Waals surface area contributed by atoms with Crippen LogP contribution in [0, 0.1) is 0 Å². The lowest BCUT2D eigenvalue weighted by Gasteiger charge is -2.08. The predicted molar refractivity (Wildman–Crippen MR) is 68.5 cm³/mol. The summed E-state index contributed by atoms with van der Waals surface area (Å²) in [6.07, 6.45) is 1.16. The van der Waals surface area contributed by atoms with Gasteiger partial charge in [-0.05, 0) is 18.2 Å². The van der Waals surface area contributed by atoms with Crippen molar-refractivity contribution in [2.24, 2.45) is 0 Å². The number of hydrogen-bond acceptors (Lipinski definition) is 5. The van der Waals surface area contributed by atoms with Gasteiger partial charge in [0.2, 0.25) is 5.78 Å². The second kappa shape index (κ2) is 5.43. The second-order valence-electron chi connectivity index (χ2n) is 3.83. The molecule has 0 radical (unpaired) electrons. The minimum Gasteiger partial charge on any atom is -0.497 e. The Labute approximate surface area is 114 Å². The smallest absolute Gasteiger partial charge is 0.354 e. The van der Waals surface area contributed by atoms with Crippen LogP contribution in [0.3, 0.4) is 0 Å². The van der Waals surface area contributed by atoms with E-state index in [-0.39, 0.29) is 17.0 Å². The Kier molecular flexibility index (Phi) is 3.69. The molecular weight excluding hydrogens is 264 g/mol. The van der Waals surface area contributed by atoms with Gasteiger partial charge in [-0.3, -0.25) is 4.79 Å². The Bertz CT molecular complexity index is 663. The van der Waals surface area contributed by atoms with E-state index in [9.17, 15) is 9.59 Å². The van der Waals surface area contributed by atoms with Crippen LogP contribution in [0.2, 0.25) is 0 Å². The maximum absolute atomic E-state index is 12.4. The first-order chi connectivity index (χ1) is 9.58. The number of imidazole rings is 1. The summed E-state index contributed by atoms with van der Waals surface area (Å²) >= 11 is 0. The first kappa shape index (κ1) is 13.6. The third-order valence-electron chi connectivity index (χ3n) is 2.72. The Hall–Kier alpha value is -2.83. The molecule has 2 N–H and O–H groups in total. The van der Waals surface area contributed by atoms with Gasteiger partial charge in [0.1, 0.15) is 17.2 Å². The predicted octanol–water partition coefficient (Wildman–Crippen LogP) is 1.36. The average molecular weight is 276 g/mol. The van der Waals surface area contributed by atoms with Gasteiger partial charge in [-0.2, -0.15) is 0 Å². The minimum atomic E-state index is -1.26. The van der Waals surface area contributed by atoms with Crippen molar-refractivity contribution >= 4 is 11.8 Å². The van der Waals surface area contributed by atoms with E-state index in [4.69, 9.17) is 14.6 Å². The maximum Gasteiger partial charge on any atom is 0.354 e. The van der Waals surface area contributed by atoms with Gasteiger partial charge in [0, 0.05) is 0 Å². The van der Waals surface area contributed by atoms with E-state index in [2.05, 4.69) is 9.97 Å². The first-order valence-electron chi connectivity index (χ1n) is 5.62. The van der Waals surface area contributed by atoms with Gasteiger partial charge in [0.25, 0.3) is 0 Å². The minimum absolute atomic E-state index is 0.177. The number of carboxylic acids is 1. The Morgan fingerprint density at radius 2 is 2.00 bits per heavy atom. The van der Waals surface area contributed by atoms with Crippen LogP contribution in [0.4, 0.5) is 0 Å². The van der Waals surface area contributed by atoms with E-state index in [1.165, 1.54) is 20.3 Å². The number of carbonyl (C=O) groups excluding carboxylic acids is 1. The largest absolute Gasteiger partial charge is 0.497 e. The average Bonchev–Trinajstić information content (AvgIpc) is 2.95. The number of H-pyrrole nitrogens is 1. The number of methoxy groups -OCH3 is 2. The zero-order valence-corrected chi connectivity index (χ0v) is 10.8. The third-order valence-corrected chi connectivity index (χ3v) is 2.72. The highest BCUT2D eigenvalue weighted by atomic mass is 16.5. The van der Waals surface area contributed by atoms with Crippen molar-refractivity contribution in [2.45, 2.75) is 0 Å². The number of nitrogens with one attached hydrogen (secondary N) is 1. The summed E-state index contributed by atoms with van der Waals surface area (Å²) in [5.41, 5.74) is -0.259. The molecular formula is C13H12N2O5. The van der Waals surface area contributed by atoms with Crippen LogP contribution in [0.1, 0.15) is 26.5 Å². The third kappa shape index (κ3) is 2.33. The van der Waals surface area contributed by atoms with Crippen molar-refractivity contribution in [1.29, 1.82) is 0 Å². The van der Waals surface area contributed by atoms with Crippen molar-refractivity contribution in [2.75, 3.05) is 14.2 Å². The van der Waals surface area contributed by atoms with Crippen molar-refractivity contribution < 1.29 is 24.2 Å². The normalized spacial score (nSPS) is 10.1.